The molecule has 0 saturated heterocycles. The van der Waals surface area contributed by atoms with E-state index in [4.69, 9.17) is 0 Å². The van der Waals surface area contributed by atoms with E-state index in [1.54, 1.807) is 6.20 Å². The second kappa shape index (κ2) is 7.27. The van der Waals surface area contributed by atoms with Gasteiger partial charge < -0.3 is 0 Å². The first kappa shape index (κ1) is 16.7. The number of hydrogen-bond donors (Lipinski definition) is 0. The summed E-state index contributed by atoms with van der Waals surface area (Å²) in [6.07, 6.45) is 5.65. The zero-order valence-electron chi connectivity index (χ0n) is 15.2. The number of hydrogen-bond acceptors (Lipinski definition) is 3. The van der Waals surface area contributed by atoms with E-state index in [-0.39, 0.29) is 0 Å². The molecule has 0 amide bonds. The van der Waals surface area contributed by atoms with Crippen LogP contribution in [-0.2, 0) is 7.05 Å². The Morgan fingerprint density at radius 2 is 1.74 bits per heavy atom. The lowest BCUT2D eigenvalue weighted by molar-refractivity contribution is 0.771. The van der Waals surface area contributed by atoms with Crippen LogP contribution in [-0.4, -0.2) is 19.7 Å². The molecule has 0 radical (unpaired) electrons. The van der Waals surface area contributed by atoms with Gasteiger partial charge in [-0.1, -0.05) is 30.2 Å². The van der Waals surface area contributed by atoms with Gasteiger partial charge in [0.1, 0.15) is 11.4 Å². The SMILES string of the molecule is Cc1cccc(C#Cc2ccc(-c3nn(C)cc3-c3cccnc3)cc2)n1. The molecule has 27 heavy (non-hydrogen) atoms. The van der Waals surface area contributed by atoms with Crippen molar-refractivity contribution in [2.45, 2.75) is 6.92 Å². The van der Waals surface area contributed by atoms with Crippen molar-refractivity contribution >= 4 is 0 Å². The molecule has 3 heterocycles. The third-order valence-corrected chi connectivity index (χ3v) is 4.18. The van der Waals surface area contributed by atoms with Gasteiger partial charge in [0.2, 0.25) is 0 Å². The summed E-state index contributed by atoms with van der Waals surface area (Å²) in [6.45, 7) is 1.96. The minimum atomic E-state index is 0.780. The van der Waals surface area contributed by atoms with Crippen molar-refractivity contribution in [3.05, 3.63) is 90.1 Å². The molecule has 0 aliphatic rings. The summed E-state index contributed by atoms with van der Waals surface area (Å²) < 4.78 is 1.83. The Labute approximate surface area is 158 Å². The van der Waals surface area contributed by atoms with Gasteiger partial charge in [0.05, 0.1) is 0 Å². The highest BCUT2D eigenvalue weighted by Gasteiger charge is 2.12. The van der Waals surface area contributed by atoms with E-state index in [9.17, 15) is 0 Å². The molecular formula is C23H18N4. The molecule has 4 rings (SSSR count). The Morgan fingerprint density at radius 1 is 0.889 bits per heavy atom. The highest BCUT2D eigenvalue weighted by atomic mass is 15.2. The Bertz CT molecular complexity index is 1130. The van der Waals surface area contributed by atoms with Crippen LogP contribution in [0.3, 0.4) is 0 Å². The monoisotopic (exact) mass is 350 g/mol. The van der Waals surface area contributed by atoms with Gasteiger partial charge in [0, 0.05) is 53.6 Å². The minimum Gasteiger partial charge on any atom is -0.275 e. The van der Waals surface area contributed by atoms with Crippen LogP contribution >= 0.6 is 0 Å². The summed E-state index contributed by atoms with van der Waals surface area (Å²) in [6, 6.07) is 18.0. The highest BCUT2D eigenvalue weighted by Crippen LogP contribution is 2.30. The van der Waals surface area contributed by atoms with Crippen molar-refractivity contribution in [3.8, 4) is 34.2 Å². The van der Waals surface area contributed by atoms with E-state index >= 15 is 0 Å². The average molecular weight is 350 g/mol. The average Bonchev–Trinajstić information content (AvgIpc) is 3.09. The summed E-state index contributed by atoms with van der Waals surface area (Å²) in [5.41, 5.74) is 6.79. The fourth-order valence-corrected chi connectivity index (χ4v) is 2.90. The topological polar surface area (TPSA) is 43.6 Å². The van der Waals surface area contributed by atoms with Gasteiger partial charge in [-0.15, -0.1) is 0 Å². The van der Waals surface area contributed by atoms with Crippen LogP contribution < -0.4 is 0 Å². The van der Waals surface area contributed by atoms with Crippen LogP contribution in [0.2, 0.25) is 0 Å². The molecule has 0 bridgehead atoms. The van der Waals surface area contributed by atoms with Crippen molar-refractivity contribution < 1.29 is 0 Å². The summed E-state index contributed by atoms with van der Waals surface area (Å²) in [7, 11) is 1.93. The van der Waals surface area contributed by atoms with E-state index in [0.717, 1.165) is 39.3 Å². The molecule has 3 aromatic heterocycles. The maximum atomic E-state index is 4.63. The van der Waals surface area contributed by atoms with E-state index < -0.39 is 0 Å². The molecule has 4 heteroatoms. The lowest BCUT2D eigenvalue weighted by Crippen LogP contribution is -1.88. The Morgan fingerprint density at radius 3 is 2.48 bits per heavy atom. The summed E-state index contributed by atoms with van der Waals surface area (Å²) in [4.78, 5) is 8.63. The first-order valence-corrected chi connectivity index (χ1v) is 8.69. The molecule has 0 aliphatic heterocycles. The molecule has 0 saturated carbocycles. The lowest BCUT2D eigenvalue weighted by atomic mass is 10.0. The first-order chi connectivity index (χ1) is 13.2. The van der Waals surface area contributed by atoms with Gasteiger partial charge in [0.15, 0.2) is 0 Å². The smallest absolute Gasteiger partial charge is 0.113 e. The van der Waals surface area contributed by atoms with Crippen molar-refractivity contribution in [1.82, 2.24) is 19.7 Å². The third-order valence-electron chi connectivity index (χ3n) is 4.18. The second-order valence-corrected chi connectivity index (χ2v) is 6.30. The molecule has 0 atom stereocenters. The van der Waals surface area contributed by atoms with E-state index in [1.807, 2.05) is 73.5 Å². The maximum Gasteiger partial charge on any atom is 0.113 e. The zero-order valence-corrected chi connectivity index (χ0v) is 15.2. The van der Waals surface area contributed by atoms with Crippen LogP contribution in [0.1, 0.15) is 17.0 Å². The number of nitrogens with zero attached hydrogens (tertiary/aromatic N) is 4. The Balaban J connectivity index is 1.64. The molecule has 0 spiro atoms. The van der Waals surface area contributed by atoms with Crippen molar-refractivity contribution in [2.24, 2.45) is 7.05 Å². The Kier molecular flexibility index (Phi) is 4.51. The van der Waals surface area contributed by atoms with E-state index in [2.05, 4.69) is 39.0 Å². The van der Waals surface area contributed by atoms with Crippen LogP contribution in [0.25, 0.3) is 22.4 Å². The van der Waals surface area contributed by atoms with Crippen LogP contribution in [0.5, 0.6) is 0 Å². The van der Waals surface area contributed by atoms with Crippen LogP contribution in [0, 0.1) is 18.8 Å². The van der Waals surface area contributed by atoms with Gasteiger partial charge in [-0.05, 0) is 43.2 Å². The third kappa shape index (κ3) is 3.78. The molecule has 1 aromatic carbocycles. The normalized spacial score (nSPS) is 10.3. The largest absolute Gasteiger partial charge is 0.275 e. The fourth-order valence-electron chi connectivity index (χ4n) is 2.90. The standard InChI is InChI=1S/C23H18N4/c1-17-5-3-7-21(25-17)13-10-18-8-11-19(12-9-18)23-22(16-27(2)26-23)20-6-4-14-24-15-20/h3-9,11-12,14-16H,1-2H3. The van der Waals surface area contributed by atoms with E-state index in [0.29, 0.717) is 0 Å². The van der Waals surface area contributed by atoms with Crippen LogP contribution in [0.15, 0.2) is 73.2 Å². The van der Waals surface area contributed by atoms with Crippen molar-refractivity contribution in [1.29, 1.82) is 0 Å². The number of benzene rings is 1. The molecule has 4 aromatic rings. The van der Waals surface area contributed by atoms with E-state index in [1.165, 1.54) is 0 Å². The molecule has 0 unspecified atom stereocenters. The second-order valence-electron chi connectivity index (χ2n) is 6.30. The van der Waals surface area contributed by atoms with Gasteiger partial charge in [0.25, 0.3) is 0 Å². The predicted molar refractivity (Wildman–Crippen MR) is 107 cm³/mol. The van der Waals surface area contributed by atoms with Gasteiger partial charge in [-0.2, -0.15) is 5.10 Å². The maximum absolute atomic E-state index is 4.63. The molecule has 4 nitrogen and oxygen atoms in total. The number of rotatable bonds is 2. The van der Waals surface area contributed by atoms with Gasteiger partial charge >= 0.3 is 0 Å². The summed E-state index contributed by atoms with van der Waals surface area (Å²) in [5, 5.41) is 4.63. The van der Waals surface area contributed by atoms with Gasteiger partial charge in [-0.25, -0.2) is 4.98 Å². The quantitative estimate of drug-likeness (QED) is 0.508. The van der Waals surface area contributed by atoms with Gasteiger partial charge in [-0.3, -0.25) is 9.67 Å². The van der Waals surface area contributed by atoms with Crippen molar-refractivity contribution in [2.75, 3.05) is 0 Å². The fraction of sp³-hybridized carbons (Fsp3) is 0.0870. The lowest BCUT2D eigenvalue weighted by Gasteiger charge is -2.02. The minimum absolute atomic E-state index is 0.780. The number of aromatic nitrogens is 4. The molecule has 0 fully saturated rings. The molecule has 0 N–H and O–H groups in total. The molecule has 130 valence electrons. The summed E-state index contributed by atoms with van der Waals surface area (Å²) >= 11 is 0. The highest BCUT2D eigenvalue weighted by molar-refractivity contribution is 5.80. The molecular weight excluding hydrogens is 332 g/mol. The van der Waals surface area contributed by atoms with Crippen LogP contribution in [0.4, 0.5) is 0 Å². The van der Waals surface area contributed by atoms with Crippen molar-refractivity contribution in [3.63, 3.8) is 0 Å². The first-order valence-electron chi connectivity index (χ1n) is 8.69. The Hall–Kier alpha value is -3.71. The molecule has 0 aliphatic carbocycles. The summed E-state index contributed by atoms with van der Waals surface area (Å²) in [5.74, 6) is 6.28. The zero-order chi connectivity index (χ0) is 18.6. The predicted octanol–water partition coefficient (Wildman–Crippen LogP) is 4.25. The number of pyridine rings is 2. The number of aryl methyl sites for hydroxylation is 2.